The van der Waals surface area contributed by atoms with Gasteiger partial charge in [0.2, 0.25) is 5.91 Å². The van der Waals surface area contributed by atoms with Crippen LogP contribution in [-0.4, -0.2) is 43.0 Å². The number of hydrogen-bond donors (Lipinski definition) is 2. The second kappa shape index (κ2) is 5.78. The highest BCUT2D eigenvalue weighted by molar-refractivity contribution is 5.74. The Labute approximate surface area is 127 Å². The van der Waals surface area contributed by atoms with E-state index in [1.165, 1.54) is 10.5 Å². The highest BCUT2D eigenvalue weighted by atomic mass is 16.1. The van der Waals surface area contributed by atoms with E-state index in [0.29, 0.717) is 6.04 Å². The Balaban J connectivity index is 1.72. The molecule has 4 nitrogen and oxygen atoms in total. The third-order valence-corrected chi connectivity index (χ3v) is 4.96. The summed E-state index contributed by atoms with van der Waals surface area (Å²) < 4.78 is 0. The summed E-state index contributed by atoms with van der Waals surface area (Å²) in [6.45, 7) is 6.02. The molecule has 1 aromatic rings. The van der Waals surface area contributed by atoms with Gasteiger partial charge in [-0.25, -0.2) is 0 Å². The summed E-state index contributed by atoms with van der Waals surface area (Å²) in [4.78, 5) is 15.6. The first-order valence-electron chi connectivity index (χ1n) is 7.84. The zero-order valence-corrected chi connectivity index (χ0v) is 12.8. The van der Waals surface area contributed by atoms with Gasteiger partial charge in [0, 0.05) is 20.0 Å². The predicted octanol–water partition coefficient (Wildman–Crippen LogP) is 0.172. The number of rotatable bonds is 3. The fraction of sp³-hybridized carbons (Fsp3) is 0.529. The Morgan fingerprint density at radius 2 is 1.90 bits per heavy atom. The molecule has 0 radical (unpaired) electrons. The molecule has 2 aliphatic rings. The zero-order chi connectivity index (χ0) is 14.9. The van der Waals surface area contributed by atoms with Gasteiger partial charge in [-0.05, 0) is 18.4 Å². The van der Waals surface area contributed by atoms with E-state index in [1.807, 2.05) is 6.07 Å². The van der Waals surface area contributed by atoms with Gasteiger partial charge in [0.15, 0.2) is 0 Å². The summed E-state index contributed by atoms with van der Waals surface area (Å²) in [5.74, 6) is 0.0596. The molecule has 21 heavy (non-hydrogen) atoms. The molecule has 1 aromatic carbocycles. The van der Waals surface area contributed by atoms with E-state index in [1.54, 1.807) is 6.92 Å². The summed E-state index contributed by atoms with van der Waals surface area (Å²) in [6.07, 6.45) is 1.97. The molecule has 0 saturated carbocycles. The molecular weight excluding hydrogens is 262 g/mol. The molecule has 0 unspecified atom stereocenters. The van der Waals surface area contributed by atoms with E-state index >= 15 is 0 Å². The number of hydrogen-bond acceptors (Lipinski definition) is 2. The predicted molar refractivity (Wildman–Crippen MR) is 82.6 cm³/mol. The third-order valence-electron chi connectivity index (χ3n) is 4.96. The van der Waals surface area contributed by atoms with Crippen molar-refractivity contribution in [3.63, 3.8) is 0 Å². The Hall–Kier alpha value is -1.39. The van der Waals surface area contributed by atoms with Crippen LogP contribution < -0.4 is 10.2 Å². The van der Waals surface area contributed by atoms with E-state index in [4.69, 9.17) is 0 Å². The van der Waals surface area contributed by atoms with Crippen LogP contribution >= 0.6 is 0 Å². The zero-order valence-electron chi connectivity index (χ0n) is 12.8. The number of quaternary nitrogens is 1. The van der Waals surface area contributed by atoms with Crippen molar-refractivity contribution in [2.45, 2.75) is 31.3 Å². The lowest BCUT2D eigenvalue weighted by Crippen LogP contribution is -3.18. The molecule has 114 valence electrons. The van der Waals surface area contributed by atoms with Crippen LogP contribution in [0.2, 0.25) is 0 Å². The normalized spacial score (nSPS) is 28.7. The lowest BCUT2D eigenvalue weighted by atomic mass is 9.80. The molecule has 2 heterocycles. The standard InChI is InChI=1S/C17H25N3O/c1-14(21)18-17(15-6-4-3-5-7-15)8-10-20(11-9-17)16-12-19(2)13-16/h3-7,16,19H,2,8-13H2,1H3,(H,18,21). The average Bonchev–Trinajstić information content (AvgIpc) is 2.45. The minimum atomic E-state index is -0.190. The molecule has 1 amide bonds. The maximum atomic E-state index is 11.7. The third kappa shape index (κ3) is 2.97. The first-order valence-corrected chi connectivity index (χ1v) is 7.84. The van der Waals surface area contributed by atoms with Gasteiger partial charge in [-0.3, -0.25) is 9.69 Å². The number of benzene rings is 1. The summed E-state index contributed by atoms with van der Waals surface area (Å²) in [6, 6.07) is 11.1. The molecule has 2 aliphatic heterocycles. The first kappa shape index (κ1) is 14.5. The van der Waals surface area contributed by atoms with Crippen molar-refractivity contribution in [2.24, 2.45) is 0 Å². The first-order chi connectivity index (χ1) is 10.1. The van der Waals surface area contributed by atoms with Crippen molar-refractivity contribution < 1.29 is 9.69 Å². The Bertz CT molecular complexity index is 488. The van der Waals surface area contributed by atoms with Gasteiger partial charge < -0.3 is 10.2 Å². The fourth-order valence-corrected chi connectivity index (χ4v) is 3.72. The summed E-state index contributed by atoms with van der Waals surface area (Å²) in [5.41, 5.74) is 1.04. The maximum Gasteiger partial charge on any atom is 0.217 e. The fourth-order valence-electron chi connectivity index (χ4n) is 3.72. The minimum Gasteiger partial charge on any atom is -0.465 e. The highest BCUT2D eigenvalue weighted by Crippen LogP contribution is 2.33. The van der Waals surface area contributed by atoms with Crippen molar-refractivity contribution in [1.29, 1.82) is 0 Å². The van der Waals surface area contributed by atoms with E-state index < -0.39 is 0 Å². The van der Waals surface area contributed by atoms with Gasteiger partial charge in [-0.1, -0.05) is 30.3 Å². The minimum absolute atomic E-state index is 0.0596. The van der Waals surface area contributed by atoms with Crippen LogP contribution in [0.15, 0.2) is 30.3 Å². The number of carbonyl (C=O) groups excluding carboxylic acids is 1. The van der Waals surface area contributed by atoms with Crippen LogP contribution in [0.4, 0.5) is 0 Å². The summed E-state index contributed by atoms with van der Waals surface area (Å²) in [7, 11) is 4.04. The molecule has 4 heteroatoms. The number of likely N-dealkylation sites (tertiary alicyclic amines) is 2. The average molecular weight is 287 g/mol. The highest BCUT2D eigenvalue weighted by Gasteiger charge is 2.40. The Morgan fingerprint density at radius 1 is 1.29 bits per heavy atom. The van der Waals surface area contributed by atoms with Crippen LogP contribution in [-0.2, 0) is 10.3 Å². The monoisotopic (exact) mass is 287 g/mol. The molecule has 2 fully saturated rings. The van der Waals surface area contributed by atoms with Crippen molar-refractivity contribution >= 4 is 5.91 Å². The molecule has 2 N–H and O–H groups in total. The molecule has 3 rings (SSSR count). The Kier molecular flexibility index (Phi) is 4.00. The SMILES string of the molecule is [CH2-][NH+]1CC(N2CCC(NC(C)=O)(c3ccccc3)CC2)C1. The van der Waals surface area contributed by atoms with Crippen molar-refractivity contribution in [1.82, 2.24) is 10.2 Å². The van der Waals surface area contributed by atoms with Gasteiger partial charge in [-0.15, -0.1) is 0 Å². The van der Waals surface area contributed by atoms with E-state index in [9.17, 15) is 4.79 Å². The smallest absolute Gasteiger partial charge is 0.217 e. The number of amides is 1. The molecule has 0 atom stereocenters. The number of nitrogens with zero attached hydrogens (tertiary/aromatic N) is 1. The molecule has 0 spiro atoms. The van der Waals surface area contributed by atoms with Gasteiger partial charge in [0.25, 0.3) is 0 Å². The van der Waals surface area contributed by atoms with Crippen LogP contribution in [0.5, 0.6) is 0 Å². The topological polar surface area (TPSA) is 36.8 Å². The largest absolute Gasteiger partial charge is 0.465 e. The second-order valence-electron chi connectivity index (χ2n) is 6.48. The van der Waals surface area contributed by atoms with Gasteiger partial charge in [0.1, 0.15) is 6.04 Å². The van der Waals surface area contributed by atoms with Gasteiger partial charge in [0.05, 0.1) is 18.6 Å². The summed E-state index contributed by atoms with van der Waals surface area (Å²) in [5, 5.41) is 3.23. The lowest BCUT2D eigenvalue weighted by Gasteiger charge is -2.49. The number of piperidine rings is 1. The van der Waals surface area contributed by atoms with Crippen LogP contribution in [0.1, 0.15) is 25.3 Å². The van der Waals surface area contributed by atoms with Gasteiger partial charge >= 0.3 is 0 Å². The molecular formula is C17H25N3O. The lowest BCUT2D eigenvalue weighted by molar-refractivity contribution is -0.902. The molecule has 0 aliphatic carbocycles. The molecule has 2 saturated heterocycles. The van der Waals surface area contributed by atoms with Crippen LogP contribution in [0, 0.1) is 7.05 Å². The van der Waals surface area contributed by atoms with Crippen molar-refractivity contribution in [3.05, 3.63) is 42.9 Å². The van der Waals surface area contributed by atoms with E-state index in [0.717, 1.165) is 39.0 Å². The Morgan fingerprint density at radius 3 is 2.43 bits per heavy atom. The molecule has 0 bridgehead atoms. The van der Waals surface area contributed by atoms with E-state index in [2.05, 4.69) is 41.5 Å². The number of nitrogens with one attached hydrogen (secondary N) is 2. The number of carbonyl (C=O) groups is 1. The van der Waals surface area contributed by atoms with Crippen molar-refractivity contribution in [3.8, 4) is 0 Å². The van der Waals surface area contributed by atoms with Crippen LogP contribution in [0.25, 0.3) is 0 Å². The second-order valence-corrected chi connectivity index (χ2v) is 6.48. The van der Waals surface area contributed by atoms with E-state index in [-0.39, 0.29) is 11.4 Å². The van der Waals surface area contributed by atoms with Crippen LogP contribution in [0.3, 0.4) is 0 Å². The van der Waals surface area contributed by atoms with Gasteiger partial charge in [-0.2, -0.15) is 7.05 Å². The summed E-state index contributed by atoms with van der Waals surface area (Å²) >= 11 is 0. The van der Waals surface area contributed by atoms with Crippen molar-refractivity contribution in [2.75, 3.05) is 26.2 Å². The quantitative estimate of drug-likeness (QED) is 0.778. The maximum absolute atomic E-state index is 11.7. The molecule has 0 aromatic heterocycles.